The van der Waals surface area contributed by atoms with Gasteiger partial charge in [-0.15, -0.1) is 0 Å². The monoisotopic (exact) mass is 504 g/mol. The van der Waals surface area contributed by atoms with Gasteiger partial charge in [-0.3, -0.25) is 0 Å². The number of nitrogens with one attached hydrogen (secondary N) is 1. The van der Waals surface area contributed by atoms with Crippen LogP contribution >= 0.6 is 0 Å². The van der Waals surface area contributed by atoms with Crippen LogP contribution < -0.4 is 29.2 Å². The molecule has 0 bridgehead atoms. The Kier molecular flexibility index (Phi) is 6.89. The molecule has 1 aliphatic heterocycles. The molecule has 1 N–H and O–H groups in total. The van der Waals surface area contributed by atoms with Crippen LogP contribution in [0.25, 0.3) is 16.6 Å². The fraction of sp³-hybridized carbons (Fsp3) is 0.370. The fourth-order valence-electron chi connectivity index (χ4n) is 4.52. The number of aromatic nitrogens is 4. The Morgan fingerprint density at radius 2 is 1.65 bits per heavy atom. The minimum absolute atomic E-state index is 0.0779. The van der Waals surface area contributed by atoms with Crippen molar-refractivity contribution in [3.8, 4) is 28.7 Å². The Morgan fingerprint density at radius 1 is 0.919 bits per heavy atom. The molecular weight excluding hydrogens is 472 g/mol. The zero-order chi connectivity index (χ0) is 25.9. The number of hydrogen-bond acceptors (Lipinski definition) is 9. The summed E-state index contributed by atoms with van der Waals surface area (Å²) in [5.74, 6) is 4.45. The van der Waals surface area contributed by atoms with Gasteiger partial charge >= 0.3 is 0 Å². The van der Waals surface area contributed by atoms with Crippen LogP contribution in [0, 0.1) is 0 Å². The van der Waals surface area contributed by atoms with Crippen molar-refractivity contribution >= 4 is 28.5 Å². The van der Waals surface area contributed by atoms with Gasteiger partial charge in [0, 0.05) is 36.7 Å². The summed E-state index contributed by atoms with van der Waals surface area (Å²) < 4.78 is 24.2. The lowest BCUT2D eigenvalue weighted by atomic mass is 10.2. The predicted octanol–water partition coefficient (Wildman–Crippen LogP) is 4.97. The van der Waals surface area contributed by atoms with E-state index in [4.69, 9.17) is 28.9 Å². The number of rotatable bonds is 9. The summed E-state index contributed by atoms with van der Waals surface area (Å²) in [4.78, 5) is 16.5. The minimum atomic E-state index is 0.0779. The minimum Gasteiger partial charge on any atom is -0.493 e. The summed E-state index contributed by atoms with van der Waals surface area (Å²) in [6.45, 7) is 5.98. The summed E-state index contributed by atoms with van der Waals surface area (Å²) in [7, 11) is 4.76. The maximum Gasteiger partial charge on any atom is 0.230 e. The van der Waals surface area contributed by atoms with Crippen LogP contribution in [-0.2, 0) is 0 Å². The maximum atomic E-state index is 5.91. The maximum absolute atomic E-state index is 5.91. The van der Waals surface area contributed by atoms with Crippen molar-refractivity contribution in [1.29, 1.82) is 0 Å². The summed E-state index contributed by atoms with van der Waals surface area (Å²) in [5.41, 5.74) is 1.63. The van der Waals surface area contributed by atoms with Gasteiger partial charge in [-0.1, -0.05) is 0 Å². The first-order valence-electron chi connectivity index (χ1n) is 12.3. The standard InChI is InChI=1S/C27H32N6O4/c1-17(2)37-19-8-9-20-21(14-19)29-27(31-26(20)32-10-6-7-11-32)30-24-15-33(16-28-24)18-12-22(34-3)25(36-5)23(13-18)35-4/h8-9,12-17H,6-7,10-11H2,1-5H3,(H,29,30,31). The largest absolute Gasteiger partial charge is 0.493 e. The summed E-state index contributed by atoms with van der Waals surface area (Å²) >= 11 is 0. The van der Waals surface area contributed by atoms with E-state index in [1.807, 2.05) is 54.9 Å². The van der Waals surface area contributed by atoms with Crippen molar-refractivity contribution in [3.05, 3.63) is 42.9 Å². The third-order valence-electron chi connectivity index (χ3n) is 6.20. The predicted molar refractivity (Wildman–Crippen MR) is 143 cm³/mol. The number of ether oxygens (including phenoxy) is 4. The van der Waals surface area contributed by atoms with Gasteiger partial charge < -0.3 is 33.7 Å². The lowest BCUT2D eigenvalue weighted by Crippen LogP contribution is -2.20. The van der Waals surface area contributed by atoms with E-state index in [9.17, 15) is 0 Å². The molecule has 0 spiro atoms. The number of hydrogen-bond donors (Lipinski definition) is 1. The number of nitrogens with zero attached hydrogens (tertiary/aromatic N) is 5. The molecule has 0 unspecified atom stereocenters. The Bertz CT molecular complexity index is 1370. The van der Waals surface area contributed by atoms with Gasteiger partial charge in [0.15, 0.2) is 17.3 Å². The normalized spacial score (nSPS) is 13.3. The van der Waals surface area contributed by atoms with E-state index in [1.54, 1.807) is 27.7 Å². The van der Waals surface area contributed by atoms with Crippen molar-refractivity contribution in [2.75, 3.05) is 44.6 Å². The van der Waals surface area contributed by atoms with Gasteiger partial charge in [0.25, 0.3) is 0 Å². The zero-order valence-electron chi connectivity index (χ0n) is 21.8. The van der Waals surface area contributed by atoms with Crippen molar-refractivity contribution in [1.82, 2.24) is 19.5 Å². The molecule has 0 radical (unpaired) electrons. The molecule has 2 aromatic heterocycles. The molecule has 37 heavy (non-hydrogen) atoms. The average molecular weight is 505 g/mol. The third-order valence-corrected chi connectivity index (χ3v) is 6.20. The molecule has 10 nitrogen and oxygen atoms in total. The van der Waals surface area contributed by atoms with E-state index in [2.05, 4.69) is 15.2 Å². The van der Waals surface area contributed by atoms with Crippen molar-refractivity contribution < 1.29 is 18.9 Å². The second-order valence-electron chi connectivity index (χ2n) is 9.09. The van der Waals surface area contributed by atoms with E-state index >= 15 is 0 Å². The number of anilines is 3. The molecular formula is C27H32N6O4. The lowest BCUT2D eigenvalue weighted by molar-refractivity contribution is 0.242. The molecule has 5 rings (SSSR count). The van der Waals surface area contributed by atoms with Gasteiger partial charge in [0.2, 0.25) is 11.7 Å². The van der Waals surface area contributed by atoms with Crippen LogP contribution in [0.3, 0.4) is 0 Å². The van der Waals surface area contributed by atoms with Gasteiger partial charge in [-0.05, 0) is 38.8 Å². The SMILES string of the molecule is COc1cc(-n2cnc(Nc3nc(N4CCCC4)c4ccc(OC(C)C)cc4n3)c2)cc(OC)c1OC. The quantitative estimate of drug-likeness (QED) is 0.339. The molecule has 2 aromatic carbocycles. The fourth-order valence-corrected chi connectivity index (χ4v) is 4.52. The summed E-state index contributed by atoms with van der Waals surface area (Å²) in [5, 5.41) is 4.29. The van der Waals surface area contributed by atoms with Crippen LogP contribution in [0.1, 0.15) is 26.7 Å². The molecule has 0 aliphatic carbocycles. The molecule has 3 heterocycles. The molecule has 0 saturated carbocycles. The molecule has 1 aliphatic rings. The number of fused-ring (bicyclic) bond motifs is 1. The number of benzene rings is 2. The second kappa shape index (κ2) is 10.4. The average Bonchev–Trinajstić information content (AvgIpc) is 3.59. The molecule has 0 atom stereocenters. The second-order valence-corrected chi connectivity index (χ2v) is 9.09. The molecule has 0 amide bonds. The van der Waals surface area contributed by atoms with Gasteiger partial charge in [0.1, 0.15) is 17.9 Å². The van der Waals surface area contributed by atoms with Crippen molar-refractivity contribution in [2.45, 2.75) is 32.8 Å². The highest BCUT2D eigenvalue weighted by molar-refractivity contribution is 5.91. The zero-order valence-corrected chi connectivity index (χ0v) is 21.8. The smallest absolute Gasteiger partial charge is 0.230 e. The Morgan fingerprint density at radius 3 is 2.30 bits per heavy atom. The Balaban J connectivity index is 1.49. The molecule has 1 saturated heterocycles. The molecule has 194 valence electrons. The van der Waals surface area contributed by atoms with E-state index < -0.39 is 0 Å². The van der Waals surface area contributed by atoms with Crippen molar-refractivity contribution in [2.24, 2.45) is 0 Å². The van der Waals surface area contributed by atoms with Crippen LogP contribution in [0.4, 0.5) is 17.6 Å². The topological polar surface area (TPSA) is 95.8 Å². The first-order valence-corrected chi connectivity index (χ1v) is 12.3. The summed E-state index contributed by atoms with van der Waals surface area (Å²) in [6, 6.07) is 9.72. The van der Waals surface area contributed by atoms with E-state index in [0.29, 0.717) is 29.0 Å². The Labute approximate surface area is 216 Å². The molecule has 4 aromatic rings. The van der Waals surface area contributed by atoms with Crippen LogP contribution in [0.5, 0.6) is 23.0 Å². The summed E-state index contributed by atoms with van der Waals surface area (Å²) in [6.07, 6.45) is 5.96. The number of methoxy groups -OCH3 is 3. The first-order chi connectivity index (χ1) is 18.0. The molecule has 10 heteroatoms. The third kappa shape index (κ3) is 5.04. The van der Waals surface area contributed by atoms with Crippen molar-refractivity contribution in [3.63, 3.8) is 0 Å². The first kappa shape index (κ1) is 24.5. The van der Waals surface area contributed by atoms with Crippen LogP contribution in [0.15, 0.2) is 42.9 Å². The van der Waals surface area contributed by atoms with Gasteiger partial charge in [-0.25, -0.2) is 9.97 Å². The van der Waals surface area contributed by atoms with E-state index in [0.717, 1.165) is 54.1 Å². The van der Waals surface area contributed by atoms with E-state index in [1.165, 1.54) is 0 Å². The van der Waals surface area contributed by atoms with E-state index in [-0.39, 0.29) is 6.10 Å². The Hall–Kier alpha value is -4.21. The molecule has 1 fully saturated rings. The van der Waals surface area contributed by atoms with Crippen LogP contribution in [0.2, 0.25) is 0 Å². The highest BCUT2D eigenvalue weighted by atomic mass is 16.5. The van der Waals surface area contributed by atoms with Crippen LogP contribution in [-0.4, -0.2) is 60.0 Å². The van der Waals surface area contributed by atoms with Gasteiger partial charge in [0.05, 0.1) is 44.8 Å². The highest BCUT2D eigenvalue weighted by Crippen LogP contribution is 2.39. The highest BCUT2D eigenvalue weighted by Gasteiger charge is 2.20. The van der Waals surface area contributed by atoms with Gasteiger partial charge in [-0.2, -0.15) is 4.98 Å². The lowest BCUT2D eigenvalue weighted by Gasteiger charge is -2.20. The number of imidazole rings is 1.